The third kappa shape index (κ3) is 2.45. The van der Waals surface area contributed by atoms with Crippen molar-refractivity contribution < 1.29 is 14.6 Å². The molecule has 1 aliphatic rings. The van der Waals surface area contributed by atoms with Crippen LogP contribution in [-0.2, 0) is 4.74 Å². The summed E-state index contributed by atoms with van der Waals surface area (Å²) in [6.07, 6.45) is 2.73. The Morgan fingerprint density at radius 1 is 1.85 bits per heavy atom. The first-order valence-electron chi connectivity index (χ1n) is 4.29. The van der Waals surface area contributed by atoms with E-state index in [1.165, 1.54) is 11.0 Å². The van der Waals surface area contributed by atoms with E-state index in [0.29, 0.717) is 0 Å². The van der Waals surface area contributed by atoms with E-state index in [1.807, 2.05) is 0 Å². The molecule has 0 saturated carbocycles. The molecule has 1 aliphatic heterocycles. The fraction of sp³-hybridized carbons (Fsp3) is 0.556. The lowest BCUT2D eigenvalue weighted by Crippen LogP contribution is -2.36. The molecule has 1 saturated heterocycles. The molecule has 1 heterocycles. The number of aliphatic hydroxyl groups is 1. The summed E-state index contributed by atoms with van der Waals surface area (Å²) in [6, 6.07) is -0.114. The summed E-state index contributed by atoms with van der Waals surface area (Å²) in [5, 5.41) is 8.92. The zero-order valence-electron chi connectivity index (χ0n) is 7.48. The van der Waals surface area contributed by atoms with Crippen LogP contribution in [0.2, 0.25) is 0 Å². The summed E-state index contributed by atoms with van der Waals surface area (Å²) in [6.45, 7) is 5.39. The van der Waals surface area contributed by atoms with Crippen LogP contribution in [0.15, 0.2) is 12.7 Å². The van der Waals surface area contributed by atoms with Crippen molar-refractivity contribution in [3.63, 3.8) is 0 Å². The second-order valence-electron chi connectivity index (χ2n) is 2.87. The van der Waals surface area contributed by atoms with Crippen LogP contribution in [0.5, 0.6) is 0 Å². The second kappa shape index (κ2) is 4.87. The molecule has 4 nitrogen and oxygen atoms in total. The molecule has 0 aromatic carbocycles. The summed E-state index contributed by atoms with van der Waals surface area (Å²) in [4.78, 5) is 12.7. The van der Waals surface area contributed by atoms with E-state index in [0.717, 1.165) is 12.8 Å². The summed E-state index contributed by atoms with van der Waals surface area (Å²) in [5.74, 6) is 0. The highest BCUT2D eigenvalue weighted by Crippen LogP contribution is 2.20. The standard InChI is InChI=1S/C9H14NO3/c1-2-6-13-9(12)10-5-3-4-8(10)7-11/h2,5,8,11H,1,3-4,6-7H2. The summed E-state index contributed by atoms with van der Waals surface area (Å²) in [7, 11) is 0. The van der Waals surface area contributed by atoms with Gasteiger partial charge in [0.05, 0.1) is 19.2 Å². The minimum absolute atomic E-state index is 0.0142. The molecule has 0 aromatic heterocycles. The molecule has 0 bridgehead atoms. The minimum Gasteiger partial charge on any atom is -0.445 e. The Morgan fingerprint density at radius 2 is 2.62 bits per heavy atom. The Bertz CT molecular complexity index is 193. The molecule has 1 atom stereocenters. The van der Waals surface area contributed by atoms with Crippen LogP contribution in [0.1, 0.15) is 12.8 Å². The third-order valence-electron chi connectivity index (χ3n) is 1.97. The molecule has 1 radical (unpaired) electrons. The smallest absolute Gasteiger partial charge is 0.410 e. The number of carbonyl (C=O) groups is 1. The Labute approximate surface area is 77.8 Å². The van der Waals surface area contributed by atoms with Crippen molar-refractivity contribution in [3.05, 3.63) is 19.2 Å². The summed E-state index contributed by atoms with van der Waals surface area (Å²) >= 11 is 0. The van der Waals surface area contributed by atoms with Crippen LogP contribution in [-0.4, -0.2) is 35.4 Å². The van der Waals surface area contributed by atoms with Gasteiger partial charge in [-0.3, -0.25) is 4.90 Å². The number of aliphatic hydroxyl groups excluding tert-OH is 1. The Balaban J connectivity index is 2.40. The topological polar surface area (TPSA) is 49.8 Å². The van der Waals surface area contributed by atoms with Gasteiger partial charge in [0, 0.05) is 0 Å². The van der Waals surface area contributed by atoms with Crippen LogP contribution in [0, 0.1) is 6.54 Å². The number of nitrogens with zero attached hydrogens (tertiary/aromatic N) is 1. The van der Waals surface area contributed by atoms with Gasteiger partial charge in [-0.15, -0.1) is 0 Å². The van der Waals surface area contributed by atoms with Crippen molar-refractivity contribution >= 4 is 6.09 Å². The van der Waals surface area contributed by atoms with Gasteiger partial charge in [-0.2, -0.15) is 0 Å². The van der Waals surface area contributed by atoms with Crippen molar-refractivity contribution in [2.75, 3.05) is 13.2 Å². The fourth-order valence-corrected chi connectivity index (χ4v) is 1.30. The Morgan fingerprint density at radius 3 is 3.23 bits per heavy atom. The van der Waals surface area contributed by atoms with Crippen LogP contribution < -0.4 is 0 Å². The first kappa shape index (κ1) is 10.1. The number of ether oxygens (including phenoxy) is 1. The first-order chi connectivity index (χ1) is 6.29. The van der Waals surface area contributed by atoms with E-state index in [4.69, 9.17) is 9.84 Å². The number of likely N-dealkylation sites (tertiary alicyclic amines) is 1. The molecule has 4 heteroatoms. The minimum atomic E-state index is -0.406. The number of rotatable bonds is 3. The van der Waals surface area contributed by atoms with E-state index < -0.39 is 6.09 Å². The molecule has 13 heavy (non-hydrogen) atoms. The monoisotopic (exact) mass is 184 g/mol. The molecular formula is C9H14NO3. The van der Waals surface area contributed by atoms with Crippen LogP contribution in [0.25, 0.3) is 0 Å². The maximum Gasteiger partial charge on any atom is 0.410 e. The molecule has 1 rings (SSSR count). The van der Waals surface area contributed by atoms with Gasteiger partial charge in [0.2, 0.25) is 0 Å². The first-order valence-corrected chi connectivity index (χ1v) is 4.29. The lowest BCUT2D eigenvalue weighted by atomic mass is 10.2. The van der Waals surface area contributed by atoms with Crippen LogP contribution >= 0.6 is 0 Å². The number of carbonyl (C=O) groups excluding carboxylic acids is 1. The highest BCUT2D eigenvalue weighted by atomic mass is 16.6. The maximum absolute atomic E-state index is 11.3. The Kier molecular flexibility index (Phi) is 3.76. The highest BCUT2D eigenvalue weighted by Gasteiger charge is 2.29. The van der Waals surface area contributed by atoms with Crippen molar-refractivity contribution in [2.24, 2.45) is 0 Å². The van der Waals surface area contributed by atoms with Crippen molar-refractivity contribution in [1.82, 2.24) is 4.90 Å². The molecule has 73 valence electrons. The zero-order valence-corrected chi connectivity index (χ0v) is 7.48. The quantitative estimate of drug-likeness (QED) is 0.664. The fourth-order valence-electron chi connectivity index (χ4n) is 1.30. The zero-order chi connectivity index (χ0) is 9.68. The molecule has 1 unspecified atom stereocenters. The average Bonchev–Trinajstić information content (AvgIpc) is 2.61. The van der Waals surface area contributed by atoms with Gasteiger partial charge >= 0.3 is 6.09 Å². The Hall–Kier alpha value is -1.03. The largest absolute Gasteiger partial charge is 0.445 e. The van der Waals surface area contributed by atoms with Crippen LogP contribution in [0.3, 0.4) is 0 Å². The predicted molar refractivity (Wildman–Crippen MR) is 47.8 cm³/mol. The summed E-state index contributed by atoms with van der Waals surface area (Å²) < 4.78 is 4.83. The van der Waals surface area contributed by atoms with E-state index >= 15 is 0 Å². The van der Waals surface area contributed by atoms with Crippen molar-refractivity contribution in [1.29, 1.82) is 0 Å². The number of hydrogen-bond donors (Lipinski definition) is 1. The maximum atomic E-state index is 11.3. The van der Waals surface area contributed by atoms with Gasteiger partial charge in [0.25, 0.3) is 0 Å². The van der Waals surface area contributed by atoms with Gasteiger partial charge in [-0.1, -0.05) is 12.7 Å². The van der Waals surface area contributed by atoms with E-state index in [-0.39, 0.29) is 19.3 Å². The highest BCUT2D eigenvalue weighted by molar-refractivity contribution is 5.69. The normalized spacial score (nSPS) is 21.6. The second-order valence-corrected chi connectivity index (χ2v) is 2.87. The van der Waals surface area contributed by atoms with Crippen molar-refractivity contribution in [3.8, 4) is 0 Å². The van der Waals surface area contributed by atoms with E-state index in [1.54, 1.807) is 6.54 Å². The van der Waals surface area contributed by atoms with Gasteiger partial charge in [0.15, 0.2) is 0 Å². The SMILES string of the molecule is C=CCOC(=O)N1[CH]CCC1CO. The molecule has 0 spiro atoms. The van der Waals surface area contributed by atoms with Gasteiger partial charge < -0.3 is 9.84 Å². The lowest BCUT2D eigenvalue weighted by Gasteiger charge is -2.21. The third-order valence-corrected chi connectivity index (χ3v) is 1.97. The molecule has 1 amide bonds. The molecule has 0 aromatic rings. The van der Waals surface area contributed by atoms with Gasteiger partial charge in [-0.05, 0) is 12.8 Å². The number of amides is 1. The molecule has 1 fully saturated rings. The van der Waals surface area contributed by atoms with Gasteiger partial charge in [0.1, 0.15) is 6.61 Å². The van der Waals surface area contributed by atoms with Gasteiger partial charge in [-0.25, -0.2) is 4.79 Å². The summed E-state index contributed by atoms with van der Waals surface area (Å²) in [5.41, 5.74) is 0. The number of hydrogen-bond acceptors (Lipinski definition) is 3. The molecular weight excluding hydrogens is 170 g/mol. The predicted octanol–water partition coefficient (Wildman–Crippen LogP) is 0.927. The molecule has 1 N–H and O–H groups in total. The van der Waals surface area contributed by atoms with E-state index in [9.17, 15) is 4.79 Å². The van der Waals surface area contributed by atoms with E-state index in [2.05, 4.69) is 6.58 Å². The van der Waals surface area contributed by atoms with Crippen molar-refractivity contribution in [2.45, 2.75) is 18.9 Å². The molecule has 0 aliphatic carbocycles. The van der Waals surface area contributed by atoms with Crippen LogP contribution in [0.4, 0.5) is 4.79 Å². The average molecular weight is 184 g/mol. The lowest BCUT2D eigenvalue weighted by molar-refractivity contribution is 0.101.